The normalized spacial score (nSPS) is 11.5. The van der Waals surface area contributed by atoms with Crippen LogP contribution >= 0.6 is 11.6 Å². The molecule has 0 saturated carbocycles. The van der Waals surface area contributed by atoms with Crippen LogP contribution in [-0.4, -0.2) is 5.90 Å². The first-order chi connectivity index (χ1) is 13.5. The molecule has 0 aliphatic rings. The highest BCUT2D eigenvalue weighted by Crippen LogP contribution is 2.24. The summed E-state index contributed by atoms with van der Waals surface area (Å²) >= 11 is 5.83. The molecule has 3 aromatic carbocycles. The lowest BCUT2D eigenvalue weighted by Gasteiger charge is -2.13. The van der Waals surface area contributed by atoms with E-state index in [-0.39, 0.29) is 10.9 Å². The summed E-state index contributed by atoms with van der Waals surface area (Å²) < 4.78 is 25.1. The maximum Gasteiger partial charge on any atom is 0.191 e. The number of hydrogen-bond acceptors (Lipinski definition) is 3. The summed E-state index contributed by atoms with van der Waals surface area (Å²) in [5, 5.41) is 0.0371. The van der Waals surface area contributed by atoms with E-state index in [2.05, 4.69) is 4.99 Å². The van der Waals surface area contributed by atoms with Gasteiger partial charge in [-0.1, -0.05) is 55.8 Å². The summed E-state index contributed by atoms with van der Waals surface area (Å²) in [4.78, 5) is 4.48. The summed E-state index contributed by atoms with van der Waals surface area (Å²) in [6, 6.07) is 21.7. The summed E-state index contributed by atoms with van der Waals surface area (Å²) in [5.74, 6) is 1.66. The zero-order valence-corrected chi connectivity index (χ0v) is 16.5. The molecule has 0 aliphatic carbocycles. The molecule has 0 radical (unpaired) electrons. The lowest BCUT2D eigenvalue weighted by molar-refractivity contribution is 0.273. The Morgan fingerprint density at radius 2 is 1.71 bits per heavy atom. The molecule has 0 N–H and O–H groups in total. The summed E-state index contributed by atoms with van der Waals surface area (Å²) in [7, 11) is 0. The first-order valence-corrected chi connectivity index (χ1v) is 9.37. The van der Waals surface area contributed by atoms with Crippen molar-refractivity contribution >= 4 is 23.2 Å². The number of para-hydroxylation sites is 1. The monoisotopic (exact) mass is 397 g/mol. The number of aliphatic imine (C=N–C) groups is 1. The van der Waals surface area contributed by atoms with Gasteiger partial charge in [-0.3, -0.25) is 0 Å². The Morgan fingerprint density at radius 3 is 2.43 bits per heavy atom. The average molecular weight is 398 g/mol. The van der Waals surface area contributed by atoms with Crippen molar-refractivity contribution in [3.05, 3.63) is 89.2 Å². The Balaban J connectivity index is 1.70. The Labute approximate surface area is 169 Å². The molecular weight excluding hydrogens is 377 g/mol. The molecular formula is C23H21ClFNO2. The highest BCUT2D eigenvalue weighted by Gasteiger charge is 2.09. The van der Waals surface area contributed by atoms with Crippen LogP contribution in [0.1, 0.15) is 19.4 Å². The van der Waals surface area contributed by atoms with Gasteiger partial charge < -0.3 is 9.47 Å². The lowest BCUT2D eigenvalue weighted by Crippen LogP contribution is -2.12. The van der Waals surface area contributed by atoms with Crippen LogP contribution in [0.15, 0.2) is 77.8 Å². The van der Waals surface area contributed by atoms with Gasteiger partial charge in [-0.25, -0.2) is 9.38 Å². The van der Waals surface area contributed by atoms with E-state index in [0.717, 1.165) is 17.1 Å². The minimum atomic E-state index is -0.470. The van der Waals surface area contributed by atoms with Crippen LogP contribution in [0.2, 0.25) is 5.02 Å². The van der Waals surface area contributed by atoms with E-state index in [1.807, 2.05) is 68.4 Å². The second-order valence-electron chi connectivity index (χ2n) is 6.55. The topological polar surface area (TPSA) is 30.8 Å². The van der Waals surface area contributed by atoms with Crippen LogP contribution in [0.4, 0.5) is 10.1 Å². The molecule has 3 rings (SSSR count). The predicted octanol–water partition coefficient (Wildman–Crippen LogP) is 7.17. The summed E-state index contributed by atoms with van der Waals surface area (Å²) in [5.41, 5.74) is 1.51. The molecule has 0 unspecified atom stereocenters. The van der Waals surface area contributed by atoms with Crippen molar-refractivity contribution < 1.29 is 13.9 Å². The fourth-order valence-corrected chi connectivity index (χ4v) is 2.67. The van der Waals surface area contributed by atoms with E-state index in [1.165, 1.54) is 12.1 Å². The first kappa shape index (κ1) is 19.9. The first-order valence-electron chi connectivity index (χ1n) is 8.99. The van der Waals surface area contributed by atoms with Crippen molar-refractivity contribution in [2.45, 2.75) is 20.5 Å². The largest absolute Gasteiger partial charge is 0.476 e. The minimum Gasteiger partial charge on any atom is -0.476 e. The Bertz CT molecular complexity index is 958. The van der Waals surface area contributed by atoms with Crippen LogP contribution in [-0.2, 0) is 11.3 Å². The number of halogens is 2. The van der Waals surface area contributed by atoms with Gasteiger partial charge in [-0.05, 0) is 48.0 Å². The number of rotatable bonds is 6. The van der Waals surface area contributed by atoms with E-state index in [1.54, 1.807) is 6.07 Å². The van der Waals surface area contributed by atoms with Gasteiger partial charge in [0.15, 0.2) is 5.90 Å². The quantitative estimate of drug-likeness (QED) is 0.326. The zero-order chi connectivity index (χ0) is 19.9. The van der Waals surface area contributed by atoms with Gasteiger partial charge in [0.25, 0.3) is 0 Å². The fourth-order valence-electron chi connectivity index (χ4n) is 2.49. The van der Waals surface area contributed by atoms with E-state index in [4.69, 9.17) is 21.1 Å². The molecule has 0 saturated heterocycles. The van der Waals surface area contributed by atoms with E-state index < -0.39 is 5.82 Å². The second kappa shape index (κ2) is 9.38. The van der Waals surface area contributed by atoms with Crippen molar-refractivity contribution in [1.29, 1.82) is 0 Å². The second-order valence-corrected chi connectivity index (χ2v) is 6.96. The van der Waals surface area contributed by atoms with Crippen molar-refractivity contribution in [1.82, 2.24) is 0 Å². The number of hydrogen-bond donors (Lipinski definition) is 0. The number of nitrogens with zero attached hydrogens (tertiary/aromatic N) is 1. The third kappa shape index (κ3) is 5.57. The van der Waals surface area contributed by atoms with Gasteiger partial charge in [-0.2, -0.15) is 0 Å². The molecule has 144 valence electrons. The molecule has 0 aliphatic heterocycles. The van der Waals surface area contributed by atoms with Gasteiger partial charge in [0, 0.05) is 5.92 Å². The predicted molar refractivity (Wildman–Crippen MR) is 111 cm³/mol. The number of benzene rings is 3. The van der Waals surface area contributed by atoms with E-state index >= 15 is 0 Å². The number of ether oxygens (including phenoxy) is 2. The molecule has 5 heteroatoms. The highest BCUT2D eigenvalue weighted by atomic mass is 35.5. The third-order valence-corrected chi connectivity index (χ3v) is 4.19. The molecule has 0 heterocycles. The van der Waals surface area contributed by atoms with Gasteiger partial charge in [0.1, 0.15) is 23.9 Å². The van der Waals surface area contributed by atoms with Crippen molar-refractivity contribution in [3.63, 3.8) is 0 Å². The maximum absolute atomic E-state index is 13.3. The Hall–Kier alpha value is -2.85. The van der Waals surface area contributed by atoms with Crippen molar-refractivity contribution in [2.75, 3.05) is 0 Å². The van der Waals surface area contributed by atoms with Gasteiger partial charge in [0.2, 0.25) is 0 Å². The van der Waals surface area contributed by atoms with Crippen LogP contribution in [0.25, 0.3) is 0 Å². The zero-order valence-electron chi connectivity index (χ0n) is 15.7. The van der Waals surface area contributed by atoms with Crippen molar-refractivity contribution in [3.8, 4) is 11.5 Å². The lowest BCUT2D eigenvalue weighted by atomic mass is 10.2. The Morgan fingerprint density at radius 1 is 0.964 bits per heavy atom. The maximum atomic E-state index is 13.3. The average Bonchev–Trinajstić information content (AvgIpc) is 2.69. The summed E-state index contributed by atoms with van der Waals surface area (Å²) in [6.07, 6.45) is 0. The molecule has 0 bridgehead atoms. The van der Waals surface area contributed by atoms with E-state index in [0.29, 0.717) is 18.2 Å². The highest BCUT2D eigenvalue weighted by molar-refractivity contribution is 6.31. The smallest absolute Gasteiger partial charge is 0.191 e. The van der Waals surface area contributed by atoms with Crippen molar-refractivity contribution in [2.24, 2.45) is 10.9 Å². The Kier molecular flexibility index (Phi) is 6.66. The molecule has 0 spiro atoms. The van der Waals surface area contributed by atoms with E-state index in [9.17, 15) is 4.39 Å². The third-order valence-electron chi connectivity index (χ3n) is 3.90. The molecule has 0 atom stereocenters. The molecule has 3 nitrogen and oxygen atoms in total. The minimum absolute atomic E-state index is 0.0371. The molecule has 3 aromatic rings. The van der Waals surface area contributed by atoms with Gasteiger partial charge in [-0.15, -0.1) is 0 Å². The van der Waals surface area contributed by atoms with Gasteiger partial charge in [0.05, 0.1) is 10.7 Å². The van der Waals surface area contributed by atoms with Crippen LogP contribution < -0.4 is 4.74 Å². The van der Waals surface area contributed by atoms with Crippen LogP contribution in [0.3, 0.4) is 0 Å². The molecule has 0 fully saturated rings. The fraction of sp³-hybridized carbons (Fsp3) is 0.174. The molecule has 0 aromatic heterocycles. The van der Waals surface area contributed by atoms with Gasteiger partial charge >= 0.3 is 0 Å². The van der Waals surface area contributed by atoms with Crippen LogP contribution in [0.5, 0.6) is 11.5 Å². The molecule has 0 amide bonds. The SMILES string of the molecule is CC(C)C(=Nc1ccc(F)c(Cl)c1)OCc1cccc(Oc2ccccc2)c1. The molecule has 28 heavy (non-hydrogen) atoms. The summed E-state index contributed by atoms with van der Waals surface area (Å²) in [6.45, 7) is 4.32. The standard InChI is InChI=1S/C23H21ClFNO2/c1-16(2)23(26-18-11-12-22(25)21(24)14-18)27-15-17-7-6-10-20(13-17)28-19-8-4-3-5-9-19/h3-14,16H,15H2,1-2H3. The van der Waals surface area contributed by atoms with Crippen LogP contribution in [0, 0.1) is 11.7 Å².